The standard InChI is InChI=1S/C21H24F3N5O3/c1-11-5-6-12(20(4,32)21(22,23)24)7-13(11)15-8-26-17-16(25)28-14(9-29(15)17)18(30)27-10-19(2,3)31/h5-9,31-32H,10H2,1-4H3,(H2,25,28)(H,27,30)/t20-/m1/s1. The number of nitrogen functional groups attached to an aromatic ring is 1. The number of nitrogens with two attached hydrogens (primary N) is 1. The Morgan fingerprint density at radius 2 is 1.88 bits per heavy atom. The van der Waals surface area contributed by atoms with E-state index >= 15 is 0 Å². The highest BCUT2D eigenvalue weighted by atomic mass is 19.4. The number of aliphatic hydroxyl groups is 2. The van der Waals surface area contributed by atoms with E-state index in [4.69, 9.17) is 5.73 Å². The first-order valence-corrected chi connectivity index (χ1v) is 9.66. The number of amides is 1. The molecule has 0 radical (unpaired) electrons. The third-order valence-corrected chi connectivity index (χ3v) is 5.06. The van der Waals surface area contributed by atoms with Gasteiger partial charge in [0, 0.05) is 18.3 Å². The number of rotatable bonds is 5. The predicted molar refractivity (Wildman–Crippen MR) is 112 cm³/mol. The molecule has 3 rings (SSSR count). The van der Waals surface area contributed by atoms with Crippen molar-refractivity contribution < 1.29 is 28.2 Å². The van der Waals surface area contributed by atoms with Crippen molar-refractivity contribution in [3.63, 3.8) is 0 Å². The molecule has 0 aliphatic carbocycles. The molecule has 5 N–H and O–H groups in total. The Morgan fingerprint density at radius 3 is 2.47 bits per heavy atom. The minimum Gasteiger partial charge on any atom is -0.389 e. The lowest BCUT2D eigenvalue weighted by Gasteiger charge is -2.27. The summed E-state index contributed by atoms with van der Waals surface area (Å²) in [6.45, 7) is 5.40. The van der Waals surface area contributed by atoms with Crippen LogP contribution in [-0.2, 0) is 5.60 Å². The molecule has 0 fully saturated rings. The van der Waals surface area contributed by atoms with E-state index in [1.165, 1.54) is 48.8 Å². The maximum atomic E-state index is 13.3. The van der Waals surface area contributed by atoms with Gasteiger partial charge in [0.1, 0.15) is 5.69 Å². The van der Waals surface area contributed by atoms with Crippen molar-refractivity contribution in [1.29, 1.82) is 0 Å². The molecule has 3 aromatic rings. The zero-order valence-corrected chi connectivity index (χ0v) is 17.9. The summed E-state index contributed by atoms with van der Waals surface area (Å²) in [4.78, 5) is 20.7. The Hall–Kier alpha value is -3.18. The van der Waals surface area contributed by atoms with Gasteiger partial charge in [-0.1, -0.05) is 12.1 Å². The molecule has 0 aliphatic rings. The smallest absolute Gasteiger partial charge is 0.389 e. The van der Waals surface area contributed by atoms with Gasteiger partial charge in [-0.05, 0) is 44.9 Å². The molecular formula is C21H24F3N5O3. The van der Waals surface area contributed by atoms with E-state index in [1.54, 1.807) is 6.92 Å². The molecule has 1 atom stereocenters. The molecule has 1 amide bonds. The third-order valence-electron chi connectivity index (χ3n) is 5.06. The zero-order valence-electron chi connectivity index (χ0n) is 17.9. The minimum atomic E-state index is -4.88. The van der Waals surface area contributed by atoms with Crippen molar-refractivity contribution >= 4 is 17.4 Å². The second kappa shape index (κ2) is 7.75. The van der Waals surface area contributed by atoms with Gasteiger partial charge in [0.25, 0.3) is 5.91 Å². The monoisotopic (exact) mass is 451 g/mol. The van der Waals surface area contributed by atoms with Crippen LogP contribution in [0.2, 0.25) is 0 Å². The molecule has 0 bridgehead atoms. The van der Waals surface area contributed by atoms with Crippen LogP contribution in [0.4, 0.5) is 19.0 Å². The number of hydrogen-bond donors (Lipinski definition) is 4. The van der Waals surface area contributed by atoms with Crippen molar-refractivity contribution in [1.82, 2.24) is 19.7 Å². The fourth-order valence-corrected chi connectivity index (χ4v) is 3.07. The molecular weight excluding hydrogens is 427 g/mol. The van der Waals surface area contributed by atoms with Crippen LogP contribution in [0.25, 0.3) is 16.9 Å². The molecule has 0 aliphatic heterocycles. The first-order valence-electron chi connectivity index (χ1n) is 9.66. The number of carbonyl (C=O) groups excluding carboxylic acids is 1. The summed E-state index contributed by atoms with van der Waals surface area (Å²) in [5.41, 5.74) is 2.92. The van der Waals surface area contributed by atoms with E-state index in [-0.39, 0.29) is 29.3 Å². The average molecular weight is 451 g/mol. The lowest BCUT2D eigenvalue weighted by atomic mass is 9.91. The molecule has 0 saturated heterocycles. The van der Waals surface area contributed by atoms with Crippen LogP contribution in [-0.4, -0.2) is 48.8 Å². The Labute approximate surface area is 181 Å². The Bertz CT molecular complexity index is 1180. The predicted octanol–water partition coefficient (Wildman–Crippen LogP) is 2.56. The van der Waals surface area contributed by atoms with Crippen LogP contribution in [0, 0.1) is 6.92 Å². The van der Waals surface area contributed by atoms with Crippen molar-refractivity contribution in [2.24, 2.45) is 0 Å². The summed E-state index contributed by atoms with van der Waals surface area (Å²) in [6, 6.07) is 3.91. The van der Waals surface area contributed by atoms with E-state index in [9.17, 15) is 28.2 Å². The second-order valence-electron chi connectivity index (χ2n) is 8.44. The number of hydrogen-bond acceptors (Lipinski definition) is 6. The number of imidazole rings is 1. The zero-order chi connectivity index (χ0) is 24.1. The van der Waals surface area contributed by atoms with Crippen molar-refractivity contribution in [3.05, 3.63) is 47.4 Å². The summed E-state index contributed by atoms with van der Waals surface area (Å²) >= 11 is 0. The van der Waals surface area contributed by atoms with Gasteiger partial charge in [0.05, 0.1) is 17.5 Å². The first-order chi connectivity index (χ1) is 14.6. The molecule has 0 saturated carbocycles. The lowest BCUT2D eigenvalue weighted by molar-refractivity contribution is -0.258. The van der Waals surface area contributed by atoms with Crippen LogP contribution in [0.1, 0.15) is 42.4 Å². The molecule has 8 nitrogen and oxygen atoms in total. The normalized spacial score (nSPS) is 14.4. The van der Waals surface area contributed by atoms with E-state index in [1.807, 2.05) is 0 Å². The number of alkyl halides is 3. The average Bonchev–Trinajstić information content (AvgIpc) is 3.09. The highest BCUT2D eigenvalue weighted by molar-refractivity contribution is 5.93. The highest BCUT2D eigenvalue weighted by Crippen LogP contribution is 2.40. The number of halogens is 3. The molecule has 11 heteroatoms. The van der Waals surface area contributed by atoms with E-state index in [0.717, 1.165) is 0 Å². The van der Waals surface area contributed by atoms with Gasteiger partial charge in [0.2, 0.25) is 0 Å². The number of nitrogens with one attached hydrogen (secondary N) is 1. The lowest BCUT2D eigenvalue weighted by Crippen LogP contribution is -2.39. The Balaban J connectivity index is 2.12. The first kappa shape index (κ1) is 23.5. The SMILES string of the molecule is Cc1ccc([C@@](C)(O)C(F)(F)F)cc1-c1cnc2c(N)nc(C(=O)NCC(C)(C)O)cn12. The molecule has 2 aromatic heterocycles. The van der Waals surface area contributed by atoms with E-state index in [2.05, 4.69) is 15.3 Å². The second-order valence-corrected chi connectivity index (χ2v) is 8.44. The molecule has 0 unspecified atom stereocenters. The molecule has 172 valence electrons. The summed E-state index contributed by atoms with van der Waals surface area (Å²) in [6.07, 6.45) is -2.11. The topological polar surface area (TPSA) is 126 Å². The number of aromatic nitrogens is 3. The highest BCUT2D eigenvalue weighted by Gasteiger charge is 2.51. The Morgan fingerprint density at radius 1 is 1.22 bits per heavy atom. The van der Waals surface area contributed by atoms with Gasteiger partial charge in [-0.3, -0.25) is 9.20 Å². The molecule has 2 heterocycles. The number of fused-ring (bicyclic) bond motifs is 1. The number of anilines is 1. The number of aryl methyl sites for hydroxylation is 1. The summed E-state index contributed by atoms with van der Waals surface area (Å²) in [5.74, 6) is -0.644. The minimum absolute atomic E-state index is 0.0318. The van der Waals surface area contributed by atoms with Gasteiger partial charge in [0.15, 0.2) is 17.1 Å². The number of benzene rings is 1. The van der Waals surface area contributed by atoms with Crippen LogP contribution >= 0.6 is 0 Å². The van der Waals surface area contributed by atoms with Crippen LogP contribution in [0.5, 0.6) is 0 Å². The van der Waals surface area contributed by atoms with Crippen molar-refractivity contribution in [2.45, 2.75) is 45.1 Å². The van der Waals surface area contributed by atoms with Crippen molar-refractivity contribution in [2.75, 3.05) is 12.3 Å². The van der Waals surface area contributed by atoms with Gasteiger partial charge in [-0.2, -0.15) is 13.2 Å². The van der Waals surface area contributed by atoms with Crippen LogP contribution in [0.15, 0.2) is 30.6 Å². The summed E-state index contributed by atoms with van der Waals surface area (Å²) in [5, 5.41) is 22.4. The van der Waals surface area contributed by atoms with Gasteiger partial charge in [-0.15, -0.1) is 0 Å². The van der Waals surface area contributed by atoms with Gasteiger partial charge >= 0.3 is 6.18 Å². The van der Waals surface area contributed by atoms with Gasteiger partial charge in [-0.25, -0.2) is 9.97 Å². The fraction of sp³-hybridized carbons (Fsp3) is 0.381. The maximum absolute atomic E-state index is 13.3. The van der Waals surface area contributed by atoms with Crippen molar-refractivity contribution in [3.8, 4) is 11.3 Å². The van der Waals surface area contributed by atoms with Crippen LogP contribution in [0.3, 0.4) is 0 Å². The largest absolute Gasteiger partial charge is 0.421 e. The van der Waals surface area contributed by atoms with E-state index in [0.29, 0.717) is 23.7 Å². The number of carbonyl (C=O) groups is 1. The number of nitrogens with zero attached hydrogens (tertiary/aromatic N) is 3. The summed E-state index contributed by atoms with van der Waals surface area (Å²) in [7, 11) is 0. The molecule has 32 heavy (non-hydrogen) atoms. The summed E-state index contributed by atoms with van der Waals surface area (Å²) < 4.78 is 41.5. The quantitative estimate of drug-likeness (QED) is 0.472. The van der Waals surface area contributed by atoms with Crippen LogP contribution < -0.4 is 11.1 Å². The fourth-order valence-electron chi connectivity index (χ4n) is 3.07. The molecule has 1 aromatic carbocycles. The third kappa shape index (κ3) is 4.39. The van der Waals surface area contributed by atoms with E-state index < -0.39 is 23.3 Å². The maximum Gasteiger partial charge on any atom is 0.421 e. The van der Waals surface area contributed by atoms with Gasteiger partial charge < -0.3 is 21.3 Å². The Kier molecular flexibility index (Phi) is 5.69. The molecule has 0 spiro atoms.